The third kappa shape index (κ3) is 0.312. The van der Waals surface area contributed by atoms with E-state index < -0.39 is 0 Å². The zero-order valence-corrected chi connectivity index (χ0v) is 8.10. The third-order valence-electron chi connectivity index (χ3n) is 7.61. The van der Waals surface area contributed by atoms with E-state index in [4.69, 9.17) is 0 Å². The van der Waals surface area contributed by atoms with Crippen molar-refractivity contribution >= 4 is 0 Å². The molecule has 0 nitrogen and oxygen atoms in total. The fourth-order valence-electron chi connectivity index (χ4n) is 6.75. The Morgan fingerprint density at radius 1 is 0.692 bits per heavy atom. The van der Waals surface area contributed by atoms with Gasteiger partial charge in [-0.15, -0.1) is 0 Å². The Bertz CT molecular complexity index is 349. The average Bonchev–Trinajstić information content (AvgIpc) is 2.89. The minimum atomic E-state index is 1.00. The molecule has 0 saturated heterocycles. The molecule has 0 aromatic rings. The first kappa shape index (κ1) is 5.78. The van der Waals surface area contributed by atoms with Gasteiger partial charge in [0.05, 0.1) is 0 Å². The van der Waals surface area contributed by atoms with E-state index >= 15 is 0 Å². The number of hydrogen-bond acceptors (Lipinski definition) is 0. The number of hydrogen-bond donors (Lipinski definition) is 0. The standard InChI is InChI=1S/C13H16/c1-2-9-4-11(9)6-13(11)7-12(13)5-10(12)3-8(1)10/h8-9H,1-7H2. The maximum atomic E-state index is 1.70. The molecule has 0 radical (unpaired) electrons. The SMILES string of the molecule is C1CC2CC23CC32CC23CC32CC12. The molecule has 0 aliphatic heterocycles. The lowest BCUT2D eigenvalue weighted by Gasteiger charge is -2.03. The van der Waals surface area contributed by atoms with Crippen molar-refractivity contribution in [3.8, 4) is 0 Å². The van der Waals surface area contributed by atoms with Gasteiger partial charge in [0.2, 0.25) is 0 Å². The van der Waals surface area contributed by atoms with Crippen molar-refractivity contribution in [1.82, 2.24) is 0 Å². The number of rotatable bonds is 0. The van der Waals surface area contributed by atoms with E-state index in [2.05, 4.69) is 0 Å². The molecule has 0 aromatic heterocycles. The predicted molar refractivity (Wildman–Crippen MR) is 49.0 cm³/mol. The normalized spacial score (nSPS) is 88.6. The molecule has 0 N–H and O–H groups in total. The van der Waals surface area contributed by atoms with Crippen molar-refractivity contribution in [3.05, 3.63) is 0 Å². The third-order valence-corrected chi connectivity index (χ3v) is 7.61. The summed E-state index contributed by atoms with van der Waals surface area (Å²) in [4.78, 5) is 0. The Balaban J connectivity index is 1.61. The van der Waals surface area contributed by atoms with Crippen LogP contribution in [0.25, 0.3) is 0 Å². The van der Waals surface area contributed by atoms with Crippen LogP contribution in [0, 0.1) is 33.5 Å². The average molecular weight is 172 g/mol. The monoisotopic (exact) mass is 172 g/mol. The lowest BCUT2D eigenvalue weighted by Crippen LogP contribution is -1.97. The summed E-state index contributed by atoms with van der Waals surface area (Å²) in [6, 6.07) is 0. The molecule has 6 atom stereocenters. The Kier molecular flexibility index (Phi) is 0.471. The molecule has 6 aliphatic carbocycles. The fourth-order valence-corrected chi connectivity index (χ4v) is 6.75. The molecule has 0 heterocycles. The van der Waals surface area contributed by atoms with Crippen LogP contribution in [0.1, 0.15) is 44.9 Å². The van der Waals surface area contributed by atoms with Crippen LogP contribution in [-0.2, 0) is 0 Å². The van der Waals surface area contributed by atoms with Crippen LogP contribution >= 0.6 is 0 Å². The Morgan fingerprint density at radius 3 is 1.77 bits per heavy atom. The summed E-state index contributed by atoms with van der Waals surface area (Å²) in [5.41, 5.74) is 4.04. The van der Waals surface area contributed by atoms with E-state index in [1.165, 1.54) is 11.8 Å². The van der Waals surface area contributed by atoms with Gasteiger partial charge >= 0.3 is 0 Å². The van der Waals surface area contributed by atoms with E-state index in [0.29, 0.717) is 0 Å². The Labute approximate surface area is 79.1 Å². The van der Waals surface area contributed by atoms with Crippen molar-refractivity contribution in [2.45, 2.75) is 44.9 Å². The molecular weight excluding hydrogens is 156 g/mol. The molecule has 13 heavy (non-hydrogen) atoms. The van der Waals surface area contributed by atoms with Crippen LogP contribution in [0.15, 0.2) is 0 Å². The van der Waals surface area contributed by atoms with Gasteiger partial charge in [0.1, 0.15) is 0 Å². The minimum Gasteiger partial charge on any atom is -0.0496 e. The summed E-state index contributed by atoms with van der Waals surface area (Å²) < 4.78 is 0. The smallest absolute Gasteiger partial charge is 0.0164 e. The largest absolute Gasteiger partial charge is 0.0496 e. The summed E-state index contributed by atoms with van der Waals surface area (Å²) in [5.74, 6) is 2.46. The molecule has 6 saturated carbocycles. The lowest BCUT2D eigenvalue weighted by atomic mass is 10.0. The zero-order chi connectivity index (χ0) is 8.10. The van der Waals surface area contributed by atoms with Crippen LogP contribution in [0.2, 0.25) is 0 Å². The molecule has 0 bridgehead atoms. The van der Waals surface area contributed by atoms with Crippen molar-refractivity contribution in [1.29, 1.82) is 0 Å². The van der Waals surface area contributed by atoms with E-state index in [-0.39, 0.29) is 0 Å². The second kappa shape index (κ2) is 1.06. The maximum absolute atomic E-state index is 1.70. The van der Waals surface area contributed by atoms with Crippen LogP contribution in [0.5, 0.6) is 0 Å². The molecule has 6 fully saturated rings. The second-order valence-corrected chi connectivity index (χ2v) is 7.39. The van der Waals surface area contributed by atoms with Gasteiger partial charge in [-0.2, -0.15) is 0 Å². The first-order valence-electron chi connectivity index (χ1n) is 6.29. The van der Waals surface area contributed by atoms with Crippen LogP contribution in [0.4, 0.5) is 0 Å². The highest BCUT2D eigenvalue weighted by Gasteiger charge is 3.04. The Morgan fingerprint density at radius 2 is 1.23 bits per heavy atom. The van der Waals surface area contributed by atoms with Crippen molar-refractivity contribution in [2.75, 3.05) is 0 Å². The highest BCUT2D eigenvalue weighted by molar-refractivity contribution is 5.52. The van der Waals surface area contributed by atoms with Gasteiger partial charge in [0, 0.05) is 0 Å². The highest BCUT2D eigenvalue weighted by atomic mass is 15.1. The molecule has 0 amide bonds. The van der Waals surface area contributed by atoms with Gasteiger partial charge in [0.15, 0.2) is 0 Å². The molecular formula is C13H16. The van der Waals surface area contributed by atoms with Crippen molar-refractivity contribution in [3.63, 3.8) is 0 Å². The Hall–Kier alpha value is 0. The molecule has 0 heteroatoms. The fraction of sp³-hybridized carbons (Fsp3) is 1.00. The molecule has 4 spiro atoms. The molecule has 68 valence electrons. The molecule has 6 aliphatic rings. The zero-order valence-electron chi connectivity index (χ0n) is 8.10. The van der Waals surface area contributed by atoms with E-state index in [0.717, 1.165) is 21.7 Å². The first-order valence-corrected chi connectivity index (χ1v) is 6.29. The van der Waals surface area contributed by atoms with Crippen LogP contribution in [-0.4, -0.2) is 0 Å². The summed E-state index contributed by atoms with van der Waals surface area (Å²) in [5, 5.41) is 0. The molecule has 0 aromatic carbocycles. The van der Waals surface area contributed by atoms with Crippen molar-refractivity contribution in [2.24, 2.45) is 33.5 Å². The van der Waals surface area contributed by atoms with Gasteiger partial charge < -0.3 is 0 Å². The van der Waals surface area contributed by atoms with E-state index in [1.54, 1.807) is 44.9 Å². The summed E-state index contributed by atoms with van der Waals surface area (Å²) in [6.45, 7) is 0. The minimum absolute atomic E-state index is 1.00. The lowest BCUT2D eigenvalue weighted by molar-refractivity contribution is 0.450. The van der Waals surface area contributed by atoms with E-state index in [1.807, 2.05) is 0 Å². The summed E-state index contributed by atoms with van der Waals surface area (Å²) in [6.07, 6.45) is 11.7. The van der Waals surface area contributed by atoms with Gasteiger partial charge in [0.25, 0.3) is 0 Å². The van der Waals surface area contributed by atoms with Crippen molar-refractivity contribution < 1.29 is 0 Å². The topological polar surface area (TPSA) is 0 Å². The van der Waals surface area contributed by atoms with Gasteiger partial charge in [-0.3, -0.25) is 0 Å². The maximum Gasteiger partial charge on any atom is -0.0164 e. The van der Waals surface area contributed by atoms with Gasteiger partial charge in [-0.25, -0.2) is 0 Å². The molecule has 6 unspecified atom stereocenters. The first-order chi connectivity index (χ1) is 6.29. The van der Waals surface area contributed by atoms with E-state index in [9.17, 15) is 0 Å². The second-order valence-electron chi connectivity index (χ2n) is 7.39. The van der Waals surface area contributed by atoms with Gasteiger partial charge in [-0.1, -0.05) is 0 Å². The van der Waals surface area contributed by atoms with Gasteiger partial charge in [-0.05, 0) is 78.4 Å². The van der Waals surface area contributed by atoms with Crippen LogP contribution < -0.4 is 0 Å². The quantitative estimate of drug-likeness (QED) is 0.527. The molecule has 6 rings (SSSR count). The highest BCUT2D eigenvalue weighted by Crippen LogP contribution is 3.11. The summed E-state index contributed by atoms with van der Waals surface area (Å²) >= 11 is 0. The van der Waals surface area contributed by atoms with Crippen LogP contribution in [0.3, 0.4) is 0 Å². The predicted octanol–water partition coefficient (Wildman–Crippen LogP) is 2.98. The summed E-state index contributed by atoms with van der Waals surface area (Å²) in [7, 11) is 0.